The van der Waals surface area contributed by atoms with Gasteiger partial charge in [-0.05, 0) is 35.7 Å². The molecule has 0 aliphatic rings. The lowest BCUT2D eigenvalue weighted by molar-refractivity contribution is 0.0696. The summed E-state index contributed by atoms with van der Waals surface area (Å²) in [7, 11) is -3.97. The quantitative estimate of drug-likeness (QED) is 0.648. The van der Waals surface area contributed by atoms with Crippen LogP contribution in [0.4, 0.5) is 5.69 Å². The maximum Gasteiger partial charge on any atom is 0.335 e. The molecule has 130 valence electrons. The van der Waals surface area contributed by atoms with E-state index in [-0.39, 0.29) is 16.4 Å². The minimum absolute atomic E-state index is 0.0390. The molecule has 3 N–H and O–H groups in total. The van der Waals surface area contributed by atoms with Gasteiger partial charge in [0, 0.05) is 5.39 Å². The number of benzene rings is 2. The molecule has 0 radical (unpaired) electrons. The van der Waals surface area contributed by atoms with Crippen LogP contribution >= 0.6 is 0 Å². The number of aromatic carboxylic acids is 1. The number of nitrogens with zero attached hydrogens (tertiary/aromatic N) is 1. The zero-order valence-electron chi connectivity index (χ0n) is 13.6. The molecule has 2 aromatic carbocycles. The van der Waals surface area contributed by atoms with Crippen LogP contribution in [-0.4, -0.2) is 29.7 Å². The van der Waals surface area contributed by atoms with E-state index in [1.54, 1.807) is 24.3 Å². The van der Waals surface area contributed by atoms with Gasteiger partial charge in [-0.3, -0.25) is 9.82 Å². The molecule has 25 heavy (non-hydrogen) atoms. The Labute approximate surface area is 144 Å². The van der Waals surface area contributed by atoms with Crippen LogP contribution in [0, 0.1) is 0 Å². The number of nitrogens with one attached hydrogen (secondary N) is 2. The lowest BCUT2D eigenvalue weighted by Crippen LogP contribution is -2.16. The molecule has 8 heteroatoms. The third kappa shape index (κ3) is 3.20. The van der Waals surface area contributed by atoms with Crippen LogP contribution in [0.25, 0.3) is 10.9 Å². The molecule has 0 spiro atoms. The van der Waals surface area contributed by atoms with Crippen LogP contribution in [0.1, 0.15) is 35.7 Å². The second kappa shape index (κ2) is 6.21. The fourth-order valence-electron chi connectivity index (χ4n) is 2.63. The number of anilines is 1. The van der Waals surface area contributed by atoms with E-state index in [1.165, 1.54) is 18.3 Å². The summed E-state index contributed by atoms with van der Waals surface area (Å²) in [4.78, 5) is 11.2. The first-order chi connectivity index (χ1) is 11.8. The highest BCUT2D eigenvalue weighted by Gasteiger charge is 2.23. The van der Waals surface area contributed by atoms with Crippen LogP contribution in [0.3, 0.4) is 0 Å². The Morgan fingerprint density at radius 3 is 2.68 bits per heavy atom. The smallest absolute Gasteiger partial charge is 0.335 e. The van der Waals surface area contributed by atoms with Crippen LogP contribution in [0.2, 0.25) is 0 Å². The Hall–Kier alpha value is -2.87. The summed E-state index contributed by atoms with van der Waals surface area (Å²) in [5.74, 6) is -1.26. The minimum Gasteiger partial charge on any atom is -0.478 e. The third-order valence-corrected chi connectivity index (χ3v) is 5.32. The Balaban J connectivity index is 2.12. The van der Waals surface area contributed by atoms with Gasteiger partial charge in [0.2, 0.25) is 0 Å². The lowest BCUT2D eigenvalue weighted by atomic mass is 10.0. The van der Waals surface area contributed by atoms with Crippen molar-refractivity contribution >= 4 is 32.6 Å². The standard InChI is InChI=1S/C17H17N3O4S/c1-10(2)12-7-6-11(17(21)22)8-16(12)25(23,24)20-15-5-3-4-14-13(15)9-18-19-14/h3-10,20H,1-2H3,(H,18,19)(H,21,22). The van der Waals surface area contributed by atoms with Gasteiger partial charge >= 0.3 is 5.97 Å². The molecule has 1 aromatic heterocycles. The predicted molar refractivity (Wildman–Crippen MR) is 94.4 cm³/mol. The van der Waals surface area contributed by atoms with Crippen molar-refractivity contribution in [1.82, 2.24) is 10.2 Å². The van der Waals surface area contributed by atoms with Crippen molar-refractivity contribution in [2.45, 2.75) is 24.7 Å². The Bertz CT molecular complexity index is 1050. The molecule has 0 saturated heterocycles. The van der Waals surface area contributed by atoms with E-state index in [2.05, 4.69) is 14.9 Å². The first-order valence-corrected chi connectivity index (χ1v) is 9.10. The molecule has 0 amide bonds. The number of aromatic amines is 1. The van der Waals surface area contributed by atoms with Crippen LogP contribution in [0.5, 0.6) is 0 Å². The average molecular weight is 359 g/mol. The number of carboxylic acid groups (broad SMARTS) is 1. The fourth-order valence-corrected chi connectivity index (χ4v) is 4.11. The molecule has 0 unspecified atom stereocenters. The highest BCUT2D eigenvalue weighted by Crippen LogP contribution is 2.29. The van der Waals surface area contributed by atoms with Crippen molar-refractivity contribution in [2.24, 2.45) is 0 Å². The number of hydrogen-bond acceptors (Lipinski definition) is 4. The monoisotopic (exact) mass is 359 g/mol. The van der Waals surface area contributed by atoms with Crippen molar-refractivity contribution in [3.05, 3.63) is 53.7 Å². The lowest BCUT2D eigenvalue weighted by Gasteiger charge is -2.15. The van der Waals surface area contributed by atoms with Gasteiger partial charge in [0.1, 0.15) is 0 Å². The van der Waals surface area contributed by atoms with Gasteiger partial charge in [0.25, 0.3) is 10.0 Å². The average Bonchev–Trinajstić information content (AvgIpc) is 3.03. The minimum atomic E-state index is -3.97. The summed E-state index contributed by atoms with van der Waals surface area (Å²) in [5, 5.41) is 16.5. The molecule has 0 saturated carbocycles. The van der Waals surface area contributed by atoms with Crippen LogP contribution in [-0.2, 0) is 10.0 Å². The molecule has 0 aliphatic heterocycles. The first-order valence-electron chi connectivity index (χ1n) is 7.62. The van der Waals surface area contributed by atoms with Crippen molar-refractivity contribution < 1.29 is 18.3 Å². The van der Waals surface area contributed by atoms with Gasteiger partial charge in [-0.15, -0.1) is 0 Å². The summed E-state index contributed by atoms with van der Waals surface area (Å²) < 4.78 is 28.4. The SMILES string of the molecule is CC(C)c1ccc(C(=O)O)cc1S(=O)(=O)Nc1cccc2[nH]ncc12. The summed E-state index contributed by atoms with van der Waals surface area (Å²) in [6.07, 6.45) is 1.53. The molecular weight excluding hydrogens is 342 g/mol. The zero-order valence-corrected chi connectivity index (χ0v) is 14.5. The van der Waals surface area contributed by atoms with Gasteiger partial charge in [0.05, 0.1) is 27.9 Å². The Morgan fingerprint density at radius 1 is 1.24 bits per heavy atom. The van der Waals surface area contributed by atoms with Crippen molar-refractivity contribution in [1.29, 1.82) is 0 Å². The number of carbonyl (C=O) groups is 1. The second-order valence-corrected chi connectivity index (χ2v) is 7.61. The number of fused-ring (bicyclic) bond motifs is 1. The first kappa shape index (κ1) is 17.0. The summed E-state index contributed by atoms with van der Waals surface area (Å²) in [6.45, 7) is 3.71. The maximum absolute atomic E-state index is 12.9. The largest absolute Gasteiger partial charge is 0.478 e. The molecular formula is C17H17N3O4S. The molecule has 1 heterocycles. The zero-order chi connectivity index (χ0) is 18.2. The van der Waals surface area contributed by atoms with Gasteiger partial charge in [0.15, 0.2) is 0 Å². The number of sulfonamides is 1. The molecule has 0 atom stereocenters. The predicted octanol–water partition coefficient (Wildman–Crippen LogP) is 3.19. The van der Waals surface area contributed by atoms with E-state index in [0.717, 1.165) is 0 Å². The molecule has 0 bridgehead atoms. The van der Waals surface area contributed by atoms with Gasteiger partial charge < -0.3 is 5.11 Å². The van der Waals surface area contributed by atoms with E-state index in [4.69, 9.17) is 0 Å². The normalized spacial score (nSPS) is 11.8. The Kier molecular flexibility index (Phi) is 4.22. The topological polar surface area (TPSA) is 112 Å². The Morgan fingerprint density at radius 2 is 2.00 bits per heavy atom. The van der Waals surface area contributed by atoms with E-state index >= 15 is 0 Å². The molecule has 3 aromatic rings. The second-order valence-electron chi connectivity index (χ2n) is 5.95. The van der Waals surface area contributed by atoms with Gasteiger partial charge in [-0.25, -0.2) is 13.2 Å². The van der Waals surface area contributed by atoms with E-state index in [0.29, 0.717) is 22.2 Å². The fraction of sp³-hybridized carbons (Fsp3) is 0.176. The number of rotatable bonds is 5. The summed E-state index contributed by atoms with van der Waals surface area (Å²) >= 11 is 0. The van der Waals surface area contributed by atoms with E-state index in [9.17, 15) is 18.3 Å². The molecule has 0 fully saturated rings. The number of hydrogen-bond donors (Lipinski definition) is 3. The highest BCUT2D eigenvalue weighted by molar-refractivity contribution is 7.92. The molecule has 7 nitrogen and oxygen atoms in total. The van der Waals surface area contributed by atoms with Crippen LogP contribution in [0.15, 0.2) is 47.5 Å². The van der Waals surface area contributed by atoms with Crippen molar-refractivity contribution in [3.8, 4) is 0 Å². The highest BCUT2D eigenvalue weighted by atomic mass is 32.2. The maximum atomic E-state index is 12.9. The van der Waals surface area contributed by atoms with Gasteiger partial charge in [-0.2, -0.15) is 5.10 Å². The number of aromatic nitrogens is 2. The van der Waals surface area contributed by atoms with Crippen molar-refractivity contribution in [2.75, 3.05) is 4.72 Å². The van der Waals surface area contributed by atoms with Crippen molar-refractivity contribution in [3.63, 3.8) is 0 Å². The summed E-state index contributed by atoms with van der Waals surface area (Å²) in [5.41, 5.74) is 1.55. The summed E-state index contributed by atoms with van der Waals surface area (Å²) in [6, 6.07) is 9.26. The van der Waals surface area contributed by atoms with E-state index < -0.39 is 16.0 Å². The third-order valence-electron chi connectivity index (χ3n) is 3.90. The number of H-pyrrole nitrogens is 1. The van der Waals surface area contributed by atoms with Gasteiger partial charge in [-0.1, -0.05) is 26.0 Å². The van der Waals surface area contributed by atoms with Crippen LogP contribution < -0.4 is 4.72 Å². The number of carboxylic acids is 1. The molecule has 0 aliphatic carbocycles. The molecule has 3 rings (SSSR count). The van der Waals surface area contributed by atoms with E-state index in [1.807, 2.05) is 13.8 Å².